The van der Waals surface area contributed by atoms with Gasteiger partial charge in [-0.15, -0.1) is 0 Å². The van der Waals surface area contributed by atoms with Crippen LogP contribution in [-0.4, -0.2) is 29.5 Å². The molecule has 0 radical (unpaired) electrons. The van der Waals surface area contributed by atoms with Crippen LogP contribution < -0.4 is 5.11 Å². The van der Waals surface area contributed by atoms with Gasteiger partial charge < -0.3 is 9.90 Å². The molecule has 2 saturated carbocycles. The lowest BCUT2D eigenvalue weighted by atomic mass is 9.88. The molecule has 0 aromatic heterocycles. The minimum Gasteiger partial charge on any atom is -0.550 e. The highest BCUT2D eigenvalue weighted by molar-refractivity contribution is 5.64. The first-order valence-corrected chi connectivity index (χ1v) is 7.73. The van der Waals surface area contributed by atoms with E-state index in [1.54, 1.807) is 0 Å². The Hall–Kier alpha value is -0.570. The van der Waals surface area contributed by atoms with Gasteiger partial charge in [-0.05, 0) is 32.1 Å². The topological polar surface area (TPSA) is 43.4 Å². The summed E-state index contributed by atoms with van der Waals surface area (Å²) in [5.74, 6) is -0.897. The van der Waals surface area contributed by atoms with Gasteiger partial charge in [0.05, 0.1) is 0 Å². The number of carbonyl (C=O) groups is 1. The van der Waals surface area contributed by atoms with Gasteiger partial charge in [-0.2, -0.15) is 0 Å². The van der Waals surface area contributed by atoms with Crippen LogP contribution in [0.4, 0.5) is 0 Å². The Balaban J connectivity index is 1.93. The van der Waals surface area contributed by atoms with E-state index in [1.165, 1.54) is 64.2 Å². The molecule has 0 unspecified atom stereocenters. The number of hydrogen-bond acceptors (Lipinski definition) is 3. The summed E-state index contributed by atoms with van der Waals surface area (Å²) in [4.78, 5) is 13.3. The van der Waals surface area contributed by atoms with Crippen molar-refractivity contribution in [1.82, 2.24) is 4.90 Å². The molecule has 2 fully saturated rings. The van der Waals surface area contributed by atoms with E-state index in [2.05, 4.69) is 4.90 Å². The number of carboxylic acids is 1. The number of carboxylic acid groups (broad SMARTS) is 1. The fourth-order valence-corrected chi connectivity index (χ4v) is 3.71. The van der Waals surface area contributed by atoms with Crippen molar-refractivity contribution in [2.45, 2.75) is 82.7 Å². The van der Waals surface area contributed by atoms with Crippen LogP contribution >= 0.6 is 0 Å². The van der Waals surface area contributed by atoms with Crippen LogP contribution in [0, 0.1) is 0 Å². The SMILES string of the molecule is O=C([O-])CCN(C1CCCCC1)C1CCCCC1. The zero-order chi connectivity index (χ0) is 12.8. The molecule has 3 heteroatoms. The summed E-state index contributed by atoms with van der Waals surface area (Å²) >= 11 is 0. The molecular formula is C15H26NO2-. The van der Waals surface area contributed by atoms with E-state index >= 15 is 0 Å². The zero-order valence-electron chi connectivity index (χ0n) is 11.4. The van der Waals surface area contributed by atoms with Gasteiger partial charge in [-0.1, -0.05) is 38.5 Å². The molecular weight excluding hydrogens is 226 g/mol. The first-order valence-electron chi connectivity index (χ1n) is 7.73. The highest BCUT2D eigenvalue weighted by Gasteiger charge is 2.28. The second kappa shape index (κ2) is 7.13. The molecule has 0 spiro atoms. The van der Waals surface area contributed by atoms with Crippen molar-refractivity contribution < 1.29 is 9.90 Å². The van der Waals surface area contributed by atoms with E-state index in [0.29, 0.717) is 18.6 Å². The summed E-state index contributed by atoms with van der Waals surface area (Å²) in [6.07, 6.45) is 13.3. The molecule has 0 aromatic rings. The van der Waals surface area contributed by atoms with Gasteiger partial charge in [0.1, 0.15) is 0 Å². The Morgan fingerprint density at radius 3 is 1.72 bits per heavy atom. The molecule has 0 saturated heterocycles. The van der Waals surface area contributed by atoms with Gasteiger partial charge in [0.25, 0.3) is 0 Å². The lowest BCUT2D eigenvalue weighted by molar-refractivity contribution is -0.306. The second-order valence-electron chi connectivity index (χ2n) is 5.94. The van der Waals surface area contributed by atoms with Crippen LogP contribution in [0.1, 0.15) is 70.6 Å². The molecule has 0 heterocycles. The van der Waals surface area contributed by atoms with Gasteiger partial charge in [0.2, 0.25) is 0 Å². The maximum absolute atomic E-state index is 10.7. The molecule has 0 bridgehead atoms. The van der Waals surface area contributed by atoms with Crippen molar-refractivity contribution in [3.05, 3.63) is 0 Å². The normalized spacial score (nSPS) is 23.4. The van der Waals surface area contributed by atoms with E-state index in [1.807, 2.05) is 0 Å². The van der Waals surface area contributed by atoms with E-state index in [0.717, 1.165) is 0 Å². The predicted molar refractivity (Wildman–Crippen MR) is 70.1 cm³/mol. The monoisotopic (exact) mass is 252 g/mol. The Bertz CT molecular complexity index is 237. The average molecular weight is 252 g/mol. The molecule has 0 aliphatic heterocycles. The summed E-state index contributed by atoms with van der Waals surface area (Å²) in [5.41, 5.74) is 0. The van der Waals surface area contributed by atoms with E-state index in [-0.39, 0.29) is 6.42 Å². The Labute approximate surface area is 111 Å². The third-order valence-electron chi connectivity index (χ3n) is 4.66. The number of rotatable bonds is 5. The standard InChI is InChI=1S/C15H27NO2/c17-15(18)11-12-16(13-7-3-1-4-8-13)14-9-5-2-6-10-14/h13-14H,1-12H2,(H,17,18)/p-1. The molecule has 104 valence electrons. The van der Waals surface area contributed by atoms with Crippen molar-refractivity contribution in [2.24, 2.45) is 0 Å². The molecule has 0 amide bonds. The molecule has 2 rings (SSSR count). The van der Waals surface area contributed by atoms with Crippen LogP contribution in [0.3, 0.4) is 0 Å². The molecule has 18 heavy (non-hydrogen) atoms. The first kappa shape index (κ1) is 13.9. The van der Waals surface area contributed by atoms with E-state index < -0.39 is 5.97 Å². The molecule has 0 N–H and O–H groups in total. The lowest BCUT2D eigenvalue weighted by Gasteiger charge is -2.41. The van der Waals surface area contributed by atoms with Crippen LogP contribution in [0.15, 0.2) is 0 Å². The quantitative estimate of drug-likeness (QED) is 0.752. The van der Waals surface area contributed by atoms with Crippen molar-refractivity contribution >= 4 is 5.97 Å². The highest BCUT2D eigenvalue weighted by atomic mass is 16.4. The van der Waals surface area contributed by atoms with Crippen molar-refractivity contribution in [2.75, 3.05) is 6.54 Å². The average Bonchev–Trinajstić information content (AvgIpc) is 2.41. The van der Waals surface area contributed by atoms with Gasteiger partial charge in [0, 0.05) is 24.6 Å². The van der Waals surface area contributed by atoms with Crippen LogP contribution in [0.2, 0.25) is 0 Å². The molecule has 2 aliphatic rings. The molecule has 2 aliphatic carbocycles. The summed E-state index contributed by atoms with van der Waals surface area (Å²) in [7, 11) is 0. The van der Waals surface area contributed by atoms with E-state index in [9.17, 15) is 9.90 Å². The smallest absolute Gasteiger partial charge is 0.0427 e. The number of hydrogen-bond donors (Lipinski definition) is 0. The zero-order valence-corrected chi connectivity index (χ0v) is 11.4. The summed E-state index contributed by atoms with van der Waals surface area (Å²) in [6, 6.07) is 1.28. The summed E-state index contributed by atoms with van der Waals surface area (Å²) in [6.45, 7) is 0.706. The maximum Gasteiger partial charge on any atom is 0.0427 e. The highest BCUT2D eigenvalue weighted by Crippen LogP contribution is 2.30. The van der Waals surface area contributed by atoms with Crippen molar-refractivity contribution in [1.29, 1.82) is 0 Å². The number of aliphatic carboxylic acids is 1. The van der Waals surface area contributed by atoms with Gasteiger partial charge in [0.15, 0.2) is 0 Å². The predicted octanol–water partition coefficient (Wildman–Crippen LogP) is 2.09. The summed E-state index contributed by atoms with van der Waals surface area (Å²) in [5, 5.41) is 10.7. The van der Waals surface area contributed by atoms with Crippen LogP contribution in [0.25, 0.3) is 0 Å². The Morgan fingerprint density at radius 1 is 0.889 bits per heavy atom. The maximum atomic E-state index is 10.7. The van der Waals surface area contributed by atoms with Crippen LogP contribution in [-0.2, 0) is 4.79 Å². The lowest BCUT2D eigenvalue weighted by Crippen LogP contribution is -2.46. The third-order valence-corrected chi connectivity index (χ3v) is 4.66. The molecule has 3 nitrogen and oxygen atoms in total. The first-order chi connectivity index (χ1) is 8.77. The number of carbonyl (C=O) groups excluding carboxylic acids is 1. The second-order valence-corrected chi connectivity index (χ2v) is 5.94. The van der Waals surface area contributed by atoms with Crippen LogP contribution in [0.5, 0.6) is 0 Å². The fraction of sp³-hybridized carbons (Fsp3) is 0.933. The minimum atomic E-state index is -0.897. The summed E-state index contributed by atoms with van der Waals surface area (Å²) < 4.78 is 0. The molecule has 0 atom stereocenters. The van der Waals surface area contributed by atoms with Crippen molar-refractivity contribution in [3.63, 3.8) is 0 Å². The minimum absolute atomic E-state index is 0.201. The van der Waals surface area contributed by atoms with E-state index in [4.69, 9.17) is 0 Å². The van der Waals surface area contributed by atoms with Crippen molar-refractivity contribution in [3.8, 4) is 0 Å². The number of nitrogens with zero attached hydrogens (tertiary/aromatic N) is 1. The third kappa shape index (κ3) is 3.98. The van der Waals surface area contributed by atoms with Gasteiger partial charge in [-0.25, -0.2) is 0 Å². The van der Waals surface area contributed by atoms with Gasteiger partial charge in [-0.3, -0.25) is 4.90 Å². The molecule has 0 aromatic carbocycles. The Kier molecular flexibility index (Phi) is 5.48. The Morgan fingerprint density at radius 2 is 1.33 bits per heavy atom. The largest absolute Gasteiger partial charge is 0.550 e. The fourth-order valence-electron chi connectivity index (χ4n) is 3.71. The van der Waals surface area contributed by atoms with Gasteiger partial charge >= 0.3 is 0 Å².